The number of aryl methyl sites for hydroxylation is 1. The van der Waals surface area contributed by atoms with Gasteiger partial charge in [0.1, 0.15) is 0 Å². The molecule has 2 N–H and O–H groups in total. The van der Waals surface area contributed by atoms with Crippen LogP contribution >= 0.6 is 0 Å². The number of aliphatic carboxylic acids is 1. The second-order valence-corrected chi connectivity index (χ2v) is 14.6. The number of ether oxygens (including phenoxy) is 1. The Labute approximate surface area is 262 Å². The Balaban J connectivity index is 1.83. The summed E-state index contributed by atoms with van der Waals surface area (Å²) in [6, 6.07) is 10.1. The predicted octanol–water partition coefficient (Wildman–Crippen LogP) is 5.66. The SMILES string of the molecule is CCn1c(-c2cccnc2[C@H](C)OC)c(C2(C(=O)O)CCCN(CC(C)(C)C)N2)c2cc(B3OC(C)(C)C(C)(C)O3)ccc21. The zero-order valence-electron chi connectivity index (χ0n) is 28.1. The molecule has 44 heavy (non-hydrogen) atoms. The van der Waals surface area contributed by atoms with Crippen molar-refractivity contribution in [3.8, 4) is 11.3 Å². The summed E-state index contributed by atoms with van der Waals surface area (Å²) in [5.74, 6) is -0.904. The largest absolute Gasteiger partial charge is 0.494 e. The van der Waals surface area contributed by atoms with Gasteiger partial charge in [-0.25, -0.2) is 15.2 Å². The van der Waals surface area contributed by atoms with E-state index in [-0.39, 0.29) is 11.5 Å². The van der Waals surface area contributed by atoms with Crippen molar-refractivity contribution in [2.24, 2.45) is 5.41 Å². The average molecular weight is 605 g/mol. The molecule has 0 spiro atoms. The van der Waals surface area contributed by atoms with Crippen molar-refractivity contribution in [2.45, 2.75) is 105 Å². The van der Waals surface area contributed by atoms with Crippen LogP contribution in [0.4, 0.5) is 0 Å². The zero-order valence-corrected chi connectivity index (χ0v) is 28.1. The number of carbonyl (C=O) groups is 1. The molecule has 1 aromatic carbocycles. The molecule has 0 bridgehead atoms. The van der Waals surface area contributed by atoms with Gasteiger partial charge in [0.05, 0.1) is 28.7 Å². The summed E-state index contributed by atoms with van der Waals surface area (Å²) >= 11 is 0. The number of aromatic nitrogens is 2. The minimum atomic E-state index is -1.38. The number of pyridine rings is 1. The molecule has 0 saturated carbocycles. The van der Waals surface area contributed by atoms with Crippen LogP contribution in [0.25, 0.3) is 22.2 Å². The van der Waals surface area contributed by atoms with Crippen LogP contribution in [0.15, 0.2) is 36.5 Å². The van der Waals surface area contributed by atoms with E-state index < -0.39 is 29.8 Å². The van der Waals surface area contributed by atoms with Crippen molar-refractivity contribution in [3.05, 3.63) is 47.8 Å². The number of nitrogens with one attached hydrogen (secondary N) is 1. The van der Waals surface area contributed by atoms with Gasteiger partial charge >= 0.3 is 13.1 Å². The summed E-state index contributed by atoms with van der Waals surface area (Å²) < 4.78 is 20.9. The van der Waals surface area contributed by atoms with Crippen LogP contribution < -0.4 is 10.9 Å². The highest BCUT2D eigenvalue weighted by Crippen LogP contribution is 2.46. The van der Waals surface area contributed by atoms with E-state index in [1.54, 1.807) is 13.3 Å². The fourth-order valence-corrected chi connectivity index (χ4v) is 6.64. The molecular formula is C34H49BN4O5. The number of carboxylic acids is 1. The number of fused-ring (bicyclic) bond motifs is 1. The molecule has 9 nitrogen and oxygen atoms in total. The molecule has 1 unspecified atom stereocenters. The molecule has 0 aliphatic carbocycles. The zero-order chi connectivity index (χ0) is 32.2. The standard InChI is InChI=1S/C34H49BN4O5/c1-11-39-26-16-15-23(35-43-32(6,7)33(8,9)44-35)20-25(26)27(29(39)24-14-12-18-36-28(24)22(2)42-10)34(30(40)41)17-13-19-38(37-34)21-31(3,4)5/h12,14-16,18,20,22,37H,11,13,17,19,21H2,1-10H3,(H,40,41)/t22-,34?/m0/s1. The number of methoxy groups -OCH3 is 1. The van der Waals surface area contributed by atoms with Crippen LogP contribution in [-0.2, 0) is 30.9 Å². The first-order valence-electron chi connectivity index (χ1n) is 15.8. The van der Waals surface area contributed by atoms with Crippen LogP contribution in [0.5, 0.6) is 0 Å². The molecule has 4 heterocycles. The van der Waals surface area contributed by atoms with E-state index in [1.165, 1.54) is 0 Å². The average Bonchev–Trinajstić information content (AvgIpc) is 3.40. The van der Waals surface area contributed by atoms with E-state index in [2.05, 4.69) is 54.8 Å². The normalized spacial score (nSPS) is 22.9. The first-order chi connectivity index (χ1) is 20.5. The third kappa shape index (κ3) is 5.60. The van der Waals surface area contributed by atoms with Crippen LogP contribution in [0.2, 0.25) is 0 Å². The Bertz CT molecular complexity index is 1530. The molecule has 2 aliphatic heterocycles. The summed E-state index contributed by atoms with van der Waals surface area (Å²) in [6.45, 7) is 20.9. The van der Waals surface area contributed by atoms with Gasteiger partial charge in [-0.3, -0.25) is 4.98 Å². The summed E-state index contributed by atoms with van der Waals surface area (Å²) in [5, 5.41) is 14.2. The number of nitrogens with zero attached hydrogens (tertiary/aromatic N) is 3. The molecule has 0 amide bonds. The van der Waals surface area contributed by atoms with Gasteiger partial charge in [0.25, 0.3) is 0 Å². The lowest BCUT2D eigenvalue weighted by atomic mass is 9.76. The minimum absolute atomic E-state index is 0.0246. The molecule has 238 valence electrons. The lowest BCUT2D eigenvalue weighted by molar-refractivity contribution is -0.151. The van der Waals surface area contributed by atoms with E-state index in [9.17, 15) is 9.90 Å². The number of hydrogen-bond donors (Lipinski definition) is 2. The highest BCUT2D eigenvalue weighted by atomic mass is 16.7. The lowest BCUT2D eigenvalue weighted by Crippen LogP contribution is -2.61. The predicted molar refractivity (Wildman–Crippen MR) is 175 cm³/mol. The van der Waals surface area contributed by atoms with Crippen LogP contribution in [0, 0.1) is 5.41 Å². The molecule has 3 aromatic rings. The van der Waals surface area contributed by atoms with Crippen molar-refractivity contribution in [1.82, 2.24) is 20.0 Å². The van der Waals surface area contributed by atoms with Crippen molar-refractivity contribution in [2.75, 3.05) is 20.2 Å². The van der Waals surface area contributed by atoms with Gasteiger partial charge in [0, 0.05) is 55.0 Å². The molecule has 5 rings (SSSR count). The van der Waals surface area contributed by atoms with E-state index >= 15 is 0 Å². The summed E-state index contributed by atoms with van der Waals surface area (Å²) in [7, 11) is 1.09. The Morgan fingerprint density at radius 2 is 1.86 bits per heavy atom. The highest BCUT2D eigenvalue weighted by Gasteiger charge is 2.52. The Morgan fingerprint density at radius 3 is 2.45 bits per heavy atom. The van der Waals surface area contributed by atoms with Gasteiger partial charge in [0.2, 0.25) is 0 Å². The van der Waals surface area contributed by atoms with Crippen molar-refractivity contribution < 1.29 is 23.9 Å². The summed E-state index contributed by atoms with van der Waals surface area (Å²) in [5.41, 5.74) is 6.17. The fourth-order valence-electron chi connectivity index (χ4n) is 6.64. The third-order valence-corrected chi connectivity index (χ3v) is 9.55. The van der Waals surface area contributed by atoms with Gasteiger partial charge < -0.3 is 23.7 Å². The number of hydrogen-bond acceptors (Lipinski definition) is 7. The summed E-state index contributed by atoms with van der Waals surface area (Å²) in [6.07, 6.45) is 2.65. The van der Waals surface area contributed by atoms with E-state index in [0.29, 0.717) is 19.5 Å². The van der Waals surface area contributed by atoms with Gasteiger partial charge in [-0.1, -0.05) is 32.9 Å². The van der Waals surface area contributed by atoms with E-state index in [0.717, 1.165) is 51.8 Å². The van der Waals surface area contributed by atoms with Crippen molar-refractivity contribution in [3.63, 3.8) is 0 Å². The second-order valence-electron chi connectivity index (χ2n) is 14.6. The molecule has 2 fully saturated rings. The number of rotatable bonds is 8. The summed E-state index contributed by atoms with van der Waals surface area (Å²) in [4.78, 5) is 18.5. The molecule has 2 atom stereocenters. The van der Waals surface area contributed by atoms with Gasteiger partial charge in [-0.05, 0) is 83.5 Å². The first-order valence-corrected chi connectivity index (χ1v) is 15.8. The lowest BCUT2D eigenvalue weighted by Gasteiger charge is -2.43. The van der Waals surface area contributed by atoms with Gasteiger partial charge in [0.15, 0.2) is 5.54 Å². The monoisotopic (exact) mass is 604 g/mol. The molecule has 2 aromatic heterocycles. The second kappa shape index (κ2) is 11.6. The molecule has 2 saturated heterocycles. The smallest absolute Gasteiger partial charge is 0.480 e. The van der Waals surface area contributed by atoms with Crippen LogP contribution in [0.1, 0.15) is 92.5 Å². The number of hydrazine groups is 1. The number of benzene rings is 1. The first kappa shape index (κ1) is 32.6. The van der Waals surface area contributed by atoms with Crippen molar-refractivity contribution >= 4 is 29.5 Å². The van der Waals surface area contributed by atoms with Crippen molar-refractivity contribution in [1.29, 1.82) is 0 Å². The maximum Gasteiger partial charge on any atom is 0.494 e. The number of carboxylic acid groups (broad SMARTS) is 1. The molecule has 0 radical (unpaired) electrons. The quantitative estimate of drug-likeness (QED) is 0.318. The Hall–Kier alpha value is -2.76. The maximum atomic E-state index is 13.7. The third-order valence-electron chi connectivity index (χ3n) is 9.55. The minimum Gasteiger partial charge on any atom is -0.480 e. The van der Waals surface area contributed by atoms with Crippen LogP contribution in [0.3, 0.4) is 0 Å². The molecule has 10 heteroatoms. The van der Waals surface area contributed by atoms with E-state index in [1.807, 2.05) is 52.8 Å². The Kier molecular flexibility index (Phi) is 8.57. The Morgan fingerprint density at radius 1 is 1.18 bits per heavy atom. The van der Waals surface area contributed by atoms with Gasteiger partial charge in [-0.2, -0.15) is 0 Å². The van der Waals surface area contributed by atoms with Crippen LogP contribution in [-0.4, -0.2) is 64.2 Å². The maximum absolute atomic E-state index is 13.7. The molecular weight excluding hydrogens is 555 g/mol. The molecule has 2 aliphatic rings. The fraction of sp³-hybridized carbons (Fsp3) is 0.588. The topological polar surface area (TPSA) is 98.1 Å². The van der Waals surface area contributed by atoms with E-state index in [4.69, 9.17) is 19.0 Å². The van der Waals surface area contributed by atoms with Gasteiger partial charge in [-0.15, -0.1) is 0 Å². The highest BCUT2D eigenvalue weighted by molar-refractivity contribution is 6.62.